The molecule has 3 nitrogen and oxygen atoms in total. The van der Waals surface area contributed by atoms with Crippen LogP contribution in [0, 0.1) is 0 Å². The molecule has 4 heteroatoms. The molecule has 1 fully saturated rings. The van der Waals surface area contributed by atoms with Gasteiger partial charge in [-0.3, -0.25) is 4.90 Å². The molecule has 1 heterocycles. The highest BCUT2D eigenvalue weighted by Crippen LogP contribution is 2.29. The van der Waals surface area contributed by atoms with Crippen molar-refractivity contribution in [2.24, 2.45) is 5.73 Å². The van der Waals surface area contributed by atoms with Crippen molar-refractivity contribution < 1.29 is 4.74 Å². The van der Waals surface area contributed by atoms with Crippen LogP contribution in [-0.2, 0) is 0 Å². The molecule has 2 rings (SSSR count). The van der Waals surface area contributed by atoms with Crippen molar-refractivity contribution in [1.29, 1.82) is 0 Å². The lowest BCUT2D eigenvalue weighted by Crippen LogP contribution is -2.44. The average Bonchev–Trinajstić information content (AvgIpc) is 2.48. The molecule has 1 aromatic carbocycles. The van der Waals surface area contributed by atoms with Gasteiger partial charge in [0.15, 0.2) is 0 Å². The van der Waals surface area contributed by atoms with Gasteiger partial charge in [0, 0.05) is 30.6 Å². The molecule has 1 aliphatic rings. The number of thioether (sulfide) groups is 1. The summed E-state index contributed by atoms with van der Waals surface area (Å²) in [5.41, 5.74) is 7.66. The fourth-order valence-corrected chi connectivity index (χ4v) is 3.56. The SMILES string of the molecule is CCC(N)C(c1cccc(OC)c1)N1CCSCC1. The van der Waals surface area contributed by atoms with Crippen LogP contribution < -0.4 is 10.5 Å². The molecule has 1 saturated heterocycles. The Morgan fingerprint density at radius 3 is 2.74 bits per heavy atom. The van der Waals surface area contributed by atoms with Gasteiger partial charge in [0.05, 0.1) is 13.2 Å². The molecule has 0 saturated carbocycles. The van der Waals surface area contributed by atoms with Crippen LogP contribution in [0.5, 0.6) is 5.75 Å². The van der Waals surface area contributed by atoms with E-state index in [1.807, 2.05) is 17.8 Å². The molecular formula is C15H24N2OS. The lowest BCUT2D eigenvalue weighted by molar-refractivity contribution is 0.186. The minimum Gasteiger partial charge on any atom is -0.497 e. The van der Waals surface area contributed by atoms with Gasteiger partial charge in [-0.1, -0.05) is 19.1 Å². The van der Waals surface area contributed by atoms with E-state index in [9.17, 15) is 0 Å². The van der Waals surface area contributed by atoms with E-state index >= 15 is 0 Å². The molecule has 0 amide bonds. The van der Waals surface area contributed by atoms with Crippen LogP contribution in [0.2, 0.25) is 0 Å². The summed E-state index contributed by atoms with van der Waals surface area (Å²) >= 11 is 2.03. The zero-order chi connectivity index (χ0) is 13.7. The predicted molar refractivity (Wildman–Crippen MR) is 82.9 cm³/mol. The van der Waals surface area contributed by atoms with Gasteiger partial charge in [-0.2, -0.15) is 11.8 Å². The van der Waals surface area contributed by atoms with Gasteiger partial charge in [-0.05, 0) is 24.1 Å². The minimum absolute atomic E-state index is 0.176. The zero-order valence-electron chi connectivity index (χ0n) is 11.8. The van der Waals surface area contributed by atoms with Crippen LogP contribution in [0.1, 0.15) is 24.9 Å². The van der Waals surface area contributed by atoms with Crippen molar-refractivity contribution in [2.45, 2.75) is 25.4 Å². The zero-order valence-corrected chi connectivity index (χ0v) is 12.7. The van der Waals surface area contributed by atoms with E-state index in [1.54, 1.807) is 7.11 Å². The number of rotatable bonds is 5. The molecule has 1 aromatic rings. The Balaban J connectivity index is 2.24. The van der Waals surface area contributed by atoms with Crippen LogP contribution in [-0.4, -0.2) is 42.6 Å². The molecule has 0 aromatic heterocycles. The summed E-state index contributed by atoms with van der Waals surface area (Å²) < 4.78 is 5.34. The maximum Gasteiger partial charge on any atom is 0.119 e. The second kappa shape index (κ2) is 7.17. The van der Waals surface area contributed by atoms with Gasteiger partial charge >= 0.3 is 0 Å². The first kappa shape index (κ1) is 14.7. The van der Waals surface area contributed by atoms with Crippen molar-refractivity contribution >= 4 is 11.8 Å². The fourth-order valence-electron chi connectivity index (χ4n) is 2.63. The Morgan fingerprint density at radius 2 is 2.11 bits per heavy atom. The van der Waals surface area contributed by atoms with E-state index in [4.69, 9.17) is 10.5 Å². The smallest absolute Gasteiger partial charge is 0.119 e. The summed E-state index contributed by atoms with van der Waals surface area (Å²) in [5, 5.41) is 0. The van der Waals surface area contributed by atoms with Gasteiger partial charge in [0.25, 0.3) is 0 Å². The summed E-state index contributed by atoms with van der Waals surface area (Å²) in [5.74, 6) is 3.32. The molecule has 0 bridgehead atoms. The fraction of sp³-hybridized carbons (Fsp3) is 0.600. The first-order valence-electron chi connectivity index (χ1n) is 6.97. The minimum atomic E-state index is 0.176. The highest BCUT2D eigenvalue weighted by molar-refractivity contribution is 7.99. The largest absolute Gasteiger partial charge is 0.497 e. The van der Waals surface area contributed by atoms with E-state index in [1.165, 1.54) is 17.1 Å². The standard InChI is InChI=1S/C15H24N2OS/c1-3-14(16)15(17-7-9-19-10-8-17)12-5-4-6-13(11-12)18-2/h4-6,11,14-15H,3,7-10,16H2,1-2H3. The summed E-state index contributed by atoms with van der Waals surface area (Å²) in [7, 11) is 1.71. The van der Waals surface area contributed by atoms with Crippen molar-refractivity contribution in [2.75, 3.05) is 31.7 Å². The second-order valence-electron chi connectivity index (χ2n) is 4.94. The van der Waals surface area contributed by atoms with Crippen molar-refractivity contribution in [3.05, 3.63) is 29.8 Å². The average molecular weight is 280 g/mol. The van der Waals surface area contributed by atoms with Gasteiger partial charge < -0.3 is 10.5 Å². The second-order valence-corrected chi connectivity index (χ2v) is 6.17. The Labute approximate surface area is 120 Å². The molecule has 2 unspecified atom stereocenters. The van der Waals surface area contributed by atoms with Crippen LogP contribution in [0.25, 0.3) is 0 Å². The highest BCUT2D eigenvalue weighted by Gasteiger charge is 2.27. The first-order valence-corrected chi connectivity index (χ1v) is 8.13. The van der Waals surface area contributed by atoms with E-state index in [0.717, 1.165) is 25.3 Å². The molecule has 2 N–H and O–H groups in total. The monoisotopic (exact) mass is 280 g/mol. The molecule has 19 heavy (non-hydrogen) atoms. The third kappa shape index (κ3) is 3.65. The predicted octanol–water partition coefficient (Wildman–Crippen LogP) is 2.52. The maximum absolute atomic E-state index is 6.38. The number of methoxy groups -OCH3 is 1. The third-order valence-corrected chi connectivity index (χ3v) is 4.69. The van der Waals surface area contributed by atoms with E-state index in [-0.39, 0.29) is 6.04 Å². The Bertz CT molecular complexity index is 393. The van der Waals surface area contributed by atoms with Crippen LogP contribution in [0.3, 0.4) is 0 Å². The van der Waals surface area contributed by atoms with Gasteiger partial charge in [0.1, 0.15) is 5.75 Å². The van der Waals surface area contributed by atoms with Gasteiger partial charge in [-0.25, -0.2) is 0 Å². The quantitative estimate of drug-likeness (QED) is 0.899. The molecule has 0 spiro atoms. The van der Waals surface area contributed by atoms with Crippen molar-refractivity contribution in [3.8, 4) is 5.75 Å². The first-order chi connectivity index (χ1) is 9.26. The number of hydrogen-bond acceptors (Lipinski definition) is 4. The maximum atomic E-state index is 6.38. The topological polar surface area (TPSA) is 38.5 Å². The van der Waals surface area contributed by atoms with E-state index < -0.39 is 0 Å². The summed E-state index contributed by atoms with van der Waals surface area (Å²) in [6.07, 6.45) is 0.992. The number of nitrogens with zero attached hydrogens (tertiary/aromatic N) is 1. The van der Waals surface area contributed by atoms with Gasteiger partial charge in [0.2, 0.25) is 0 Å². The molecule has 1 aliphatic heterocycles. The number of benzene rings is 1. The van der Waals surface area contributed by atoms with Gasteiger partial charge in [-0.15, -0.1) is 0 Å². The number of nitrogens with two attached hydrogens (primary N) is 1. The van der Waals surface area contributed by atoms with Crippen molar-refractivity contribution in [1.82, 2.24) is 4.90 Å². The van der Waals surface area contributed by atoms with Crippen LogP contribution in [0.15, 0.2) is 24.3 Å². The molecule has 0 radical (unpaired) electrons. The molecule has 106 valence electrons. The molecule has 0 aliphatic carbocycles. The molecule has 2 atom stereocenters. The third-order valence-electron chi connectivity index (χ3n) is 3.75. The summed E-state index contributed by atoms with van der Waals surface area (Å²) in [4.78, 5) is 2.53. The van der Waals surface area contributed by atoms with E-state index in [0.29, 0.717) is 6.04 Å². The lowest BCUT2D eigenvalue weighted by Gasteiger charge is -2.37. The van der Waals surface area contributed by atoms with Crippen LogP contribution in [0.4, 0.5) is 0 Å². The highest BCUT2D eigenvalue weighted by atomic mass is 32.2. The van der Waals surface area contributed by atoms with Crippen LogP contribution >= 0.6 is 11.8 Å². The molecular weight excluding hydrogens is 256 g/mol. The Kier molecular flexibility index (Phi) is 5.55. The Hall–Kier alpha value is -0.710. The normalized spacial score (nSPS) is 19.9. The number of ether oxygens (including phenoxy) is 1. The summed E-state index contributed by atoms with van der Waals surface area (Å²) in [6, 6.07) is 8.83. The number of hydrogen-bond donors (Lipinski definition) is 1. The van der Waals surface area contributed by atoms with E-state index in [2.05, 4.69) is 30.0 Å². The summed E-state index contributed by atoms with van der Waals surface area (Å²) in [6.45, 7) is 4.41. The Morgan fingerprint density at radius 1 is 1.37 bits per heavy atom. The van der Waals surface area contributed by atoms with Crippen molar-refractivity contribution in [3.63, 3.8) is 0 Å². The lowest BCUT2D eigenvalue weighted by atomic mass is 9.96.